The third-order valence-corrected chi connectivity index (χ3v) is 6.88. The van der Waals surface area contributed by atoms with E-state index in [0.717, 1.165) is 48.2 Å². The molecule has 0 aliphatic heterocycles. The van der Waals surface area contributed by atoms with Gasteiger partial charge in [0.05, 0.1) is 25.3 Å². The van der Waals surface area contributed by atoms with E-state index in [-0.39, 0.29) is 18.4 Å². The highest BCUT2D eigenvalue weighted by molar-refractivity contribution is 5.98. The fraction of sp³-hybridized carbons (Fsp3) is 0.433. The van der Waals surface area contributed by atoms with Crippen molar-refractivity contribution in [2.75, 3.05) is 18.1 Å². The van der Waals surface area contributed by atoms with Gasteiger partial charge >= 0.3 is 5.97 Å². The van der Waals surface area contributed by atoms with E-state index in [0.29, 0.717) is 24.8 Å². The summed E-state index contributed by atoms with van der Waals surface area (Å²) in [5.74, 6) is 0.495. The summed E-state index contributed by atoms with van der Waals surface area (Å²) in [6.45, 7) is 9.61. The van der Waals surface area contributed by atoms with E-state index < -0.39 is 5.97 Å². The van der Waals surface area contributed by atoms with Gasteiger partial charge < -0.3 is 14.4 Å². The van der Waals surface area contributed by atoms with E-state index in [1.54, 1.807) is 6.92 Å². The second-order valence-corrected chi connectivity index (χ2v) is 9.77. The van der Waals surface area contributed by atoms with Gasteiger partial charge in [-0.1, -0.05) is 32.0 Å². The predicted molar refractivity (Wildman–Crippen MR) is 144 cm³/mol. The van der Waals surface area contributed by atoms with Crippen LogP contribution < -0.4 is 9.64 Å². The monoisotopic (exact) mass is 503 g/mol. The number of esters is 1. The summed E-state index contributed by atoms with van der Waals surface area (Å²) in [6.07, 6.45) is 6.43. The number of aryl methyl sites for hydroxylation is 2. The highest BCUT2D eigenvalue weighted by Crippen LogP contribution is 2.36. The molecule has 37 heavy (non-hydrogen) atoms. The molecular weight excluding hydrogens is 466 g/mol. The van der Waals surface area contributed by atoms with E-state index in [9.17, 15) is 9.59 Å². The van der Waals surface area contributed by atoms with Gasteiger partial charge in [0, 0.05) is 24.0 Å². The zero-order valence-electron chi connectivity index (χ0n) is 22.3. The number of amides is 1. The topological polar surface area (TPSA) is 73.7 Å². The first-order valence-electron chi connectivity index (χ1n) is 13.2. The highest BCUT2D eigenvalue weighted by atomic mass is 16.6. The number of rotatable bonds is 10. The quantitative estimate of drug-likeness (QED) is 0.336. The van der Waals surface area contributed by atoms with Gasteiger partial charge in [0.1, 0.15) is 5.75 Å². The Morgan fingerprint density at radius 2 is 1.92 bits per heavy atom. The Labute approximate surface area is 219 Å². The molecule has 0 saturated carbocycles. The van der Waals surface area contributed by atoms with Crippen LogP contribution in [-0.2, 0) is 33.8 Å². The average Bonchev–Trinajstić information content (AvgIpc) is 3.38. The van der Waals surface area contributed by atoms with Gasteiger partial charge in [0.25, 0.3) is 0 Å². The number of hydrogen-bond donors (Lipinski definition) is 0. The van der Waals surface area contributed by atoms with Gasteiger partial charge in [-0.25, -0.2) is 4.79 Å². The van der Waals surface area contributed by atoms with Gasteiger partial charge in [-0.15, -0.1) is 0 Å². The summed E-state index contributed by atoms with van der Waals surface area (Å²) in [4.78, 5) is 27.7. The van der Waals surface area contributed by atoms with Crippen LogP contribution in [0.25, 0.3) is 0 Å². The van der Waals surface area contributed by atoms with E-state index in [2.05, 4.69) is 31.1 Å². The fourth-order valence-electron chi connectivity index (χ4n) is 4.85. The maximum atomic E-state index is 14.1. The standard InChI is InChI=1S/C30H37N3O4/c1-5-32-18-22(17-31-32)19-33(25-12-10-23(11-13-25)21(3)4)30(35)28-9-7-8-24-16-26(14-15-27(24)28)37-20-29(34)36-6-2/h10-18,21,28H,5-9,19-20H2,1-4H3. The van der Waals surface area contributed by atoms with Gasteiger partial charge in [0.15, 0.2) is 6.61 Å². The first-order valence-corrected chi connectivity index (χ1v) is 13.2. The Morgan fingerprint density at radius 3 is 2.59 bits per heavy atom. The number of nitrogens with zero attached hydrogens (tertiary/aromatic N) is 3. The lowest BCUT2D eigenvalue weighted by molar-refractivity contribution is -0.145. The Bertz CT molecular complexity index is 1220. The van der Waals surface area contributed by atoms with Crippen molar-refractivity contribution in [1.82, 2.24) is 9.78 Å². The number of carbonyl (C=O) groups is 2. The maximum absolute atomic E-state index is 14.1. The molecular formula is C30H37N3O4. The van der Waals surface area contributed by atoms with Crippen molar-refractivity contribution in [1.29, 1.82) is 0 Å². The normalized spacial score (nSPS) is 14.8. The number of hydrogen-bond acceptors (Lipinski definition) is 5. The second-order valence-electron chi connectivity index (χ2n) is 9.77. The van der Waals surface area contributed by atoms with Crippen molar-refractivity contribution >= 4 is 17.6 Å². The van der Waals surface area contributed by atoms with Crippen LogP contribution in [0.2, 0.25) is 0 Å². The molecule has 1 unspecified atom stereocenters. The lowest BCUT2D eigenvalue weighted by Crippen LogP contribution is -2.36. The number of aromatic nitrogens is 2. The van der Waals surface area contributed by atoms with Crippen LogP contribution in [0, 0.1) is 0 Å². The number of benzene rings is 2. The molecule has 1 aromatic heterocycles. The van der Waals surface area contributed by atoms with E-state index >= 15 is 0 Å². The summed E-state index contributed by atoms with van der Waals surface area (Å²) in [6, 6.07) is 14.1. The Kier molecular flexibility index (Phi) is 8.64. The van der Waals surface area contributed by atoms with Crippen molar-refractivity contribution in [3.63, 3.8) is 0 Å². The summed E-state index contributed by atoms with van der Waals surface area (Å²) in [5.41, 5.74) is 5.27. The molecule has 7 nitrogen and oxygen atoms in total. The lowest BCUT2D eigenvalue weighted by atomic mass is 9.81. The van der Waals surface area contributed by atoms with Crippen LogP contribution in [0.5, 0.6) is 5.75 Å². The summed E-state index contributed by atoms with van der Waals surface area (Å²) in [5, 5.41) is 4.41. The highest BCUT2D eigenvalue weighted by Gasteiger charge is 2.31. The minimum atomic E-state index is -0.390. The van der Waals surface area contributed by atoms with Crippen LogP contribution in [0.15, 0.2) is 54.9 Å². The molecule has 0 N–H and O–H groups in total. The smallest absolute Gasteiger partial charge is 0.344 e. The number of fused-ring (bicyclic) bond motifs is 1. The molecule has 0 spiro atoms. The molecule has 1 aliphatic rings. The molecule has 3 aromatic rings. The average molecular weight is 504 g/mol. The fourth-order valence-corrected chi connectivity index (χ4v) is 4.85. The molecule has 4 rings (SSSR count). The Balaban J connectivity index is 1.60. The molecule has 1 amide bonds. The van der Waals surface area contributed by atoms with Crippen molar-refractivity contribution in [2.45, 2.75) is 71.9 Å². The van der Waals surface area contributed by atoms with Crippen LogP contribution in [0.3, 0.4) is 0 Å². The van der Waals surface area contributed by atoms with Crippen molar-refractivity contribution < 1.29 is 19.1 Å². The molecule has 2 aromatic carbocycles. The van der Waals surface area contributed by atoms with E-state index in [4.69, 9.17) is 9.47 Å². The summed E-state index contributed by atoms with van der Waals surface area (Å²) < 4.78 is 12.5. The summed E-state index contributed by atoms with van der Waals surface area (Å²) >= 11 is 0. The zero-order chi connectivity index (χ0) is 26.4. The Hall–Kier alpha value is -3.61. The SMILES string of the molecule is CCOC(=O)COc1ccc2c(c1)CCCC2C(=O)N(Cc1cnn(CC)c1)c1ccc(C(C)C)cc1. The number of carbonyl (C=O) groups excluding carboxylic acids is 2. The molecule has 0 radical (unpaired) electrons. The maximum Gasteiger partial charge on any atom is 0.344 e. The number of ether oxygens (including phenoxy) is 2. The molecule has 1 heterocycles. The van der Waals surface area contributed by atoms with Crippen LogP contribution >= 0.6 is 0 Å². The van der Waals surface area contributed by atoms with Gasteiger partial charge in [-0.2, -0.15) is 5.10 Å². The van der Waals surface area contributed by atoms with Crippen molar-refractivity contribution in [3.8, 4) is 5.75 Å². The molecule has 196 valence electrons. The van der Waals surface area contributed by atoms with E-state index in [1.165, 1.54) is 5.56 Å². The van der Waals surface area contributed by atoms with Gasteiger partial charge in [-0.3, -0.25) is 9.48 Å². The Morgan fingerprint density at radius 1 is 1.14 bits per heavy atom. The van der Waals surface area contributed by atoms with Crippen molar-refractivity contribution in [3.05, 3.63) is 77.1 Å². The first kappa shape index (κ1) is 26.5. The third kappa shape index (κ3) is 6.40. The molecule has 0 saturated heterocycles. The lowest BCUT2D eigenvalue weighted by Gasteiger charge is -2.31. The third-order valence-electron chi connectivity index (χ3n) is 6.88. The van der Waals surface area contributed by atoms with Crippen LogP contribution in [-0.4, -0.2) is 34.9 Å². The summed E-state index contributed by atoms with van der Waals surface area (Å²) in [7, 11) is 0. The van der Waals surface area contributed by atoms with Gasteiger partial charge in [0.2, 0.25) is 5.91 Å². The number of anilines is 1. The van der Waals surface area contributed by atoms with Gasteiger partial charge in [-0.05, 0) is 80.0 Å². The van der Waals surface area contributed by atoms with Crippen molar-refractivity contribution in [2.24, 2.45) is 0 Å². The molecule has 0 fully saturated rings. The molecule has 1 aliphatic carbocycles. The van der Waals surface area contributed by atoms with E-state index in [1.807, 2.05) is 59.2 Å². The van der Waals surface area contributed by atoms with Crippen LogP contribution in [0.1, 0.15) is 74.6 Å². The zero-order valence-corrected chi connectivity index (χ0v) is 22.3. The predicted octanol–water partition coefficient (Wildman–Crippen LogP) is 5.62. The minimum Gasteiger partial charge on any atom is -0.482 e. The minimum absolute atomic E-state index is 0.0858. The first-order chi connectivity index (χ1) is 17.9. The van der Waals surface area contributed by atoms with Crippen LogP contribution in [0.4, 0.5) is 5.69 Å². The molecule has 7 heteroatoms. The molecule has 0 bridgehead atoms. The second kappa shape index (κ2) is 12.1. The largest absolute Gasteiger partial charge is 0.482 e. The molecule has 1 atom stereocenters.